The molecule has 4 nitrogen and oxygen atoms in total. The van der Waals surface area contributed by atoms with E-state index in [1.54, 1.807) is 17.5 Å². The van der Waals surface area contributed by atoms with Gasteiger partial charge in [0.05, 0.1) is 0 Å². The number of nitrogens with one attached hydrogen (secondary N) is 2. The van der Waals surface area contributed by atoms with E-state index in [2.05, 4.69) is 20.5 Å². The molecule has 0 aromatic carbocycles. The summed E-state index contributed by atoms with van der Waals surface area (Å²) in [7, 11) is 0. The molecule has 1 saturated heterocycles. The molecule has 0 bridgehead atoms. The highest BCUT2D eigenvalue weighted by atomic mass is 32.1. The molecule has 0 spiro atoms. The molecule has 17 heavy (non-hydrogen) atoms. The van der Waals surface area contributed by atoms with E-state index >= 15 is 0 Å². The summed E-state index contributed by atoms with van der Waals surface area (Å²) < 4.78 is 0. The van der Waals surface area contributed by atoms with Gasteiger partial charge in [-0.25, -0.2) is 4.98 Å². The number of rotatable bonds is 4. The second kappa shape index (κ2) is 6.88. The monoisotopic (exact) mass is 270 g/mol. The van der Waals surface area contributed by atoms with Crippen molar-refractivity contribution in [1.29, 1.82) is 0 Å². The molecule has 0 atom stereocenters. The highest BCUT2D eigenvalue weighted by Crippen LogP contribution is 2.10. The van der Waals surface area contributed by atoms with Crippen LogP contribution in [0, 0.1) is 0 Å². The zero-order valence-corrected chi connectivity index (χ0v) is 11.4. The Morgan fingerprint density at radius 2 is 2.24 bits per heavy atom. The summed E-state index contributed by atoms with van der Waals surface area (Å²) >= 11 is 6.75. The SMILES string of the molecule is S=C(NCCN1CCCCC1)Nc1nccs1. The van der Waals surface area contributed by atoms with Gasteiger partial charge in [-0.3, -0.25) is 0 Å². The zero-order chi connectivity index (χ0) is 11.9. The van der Waals surface area contributed by atoms with Gasteiger partial charge in [0.1, 0.15) is 0 Å². The summed E-state index contributed by atoms with van der Waals surface area (Å²) in [6.45, 7) is 4.43. The maximum atomic E-state index is 5.19. The molecule has 1 aromatic heterocycles. The van der Waals surface area contributed by atoms with Crippen LogP contribution >= 0.6 is 23.6 Å². The summed E-state index contributed by atoms with van der Waals surface area (Å²) in [5.74, 6) is 0. The number of likely N-dealkylation sites (tertiary alicyclic amines) is 1. The van der Waals surface area contributed by atoms with Gasteiger partial charge in [0.2, 0.25) is 0 Å². The van der Waals surface area contributed by atoms with Crippen molar-refractivity contribution in [3.8, 4) is 0 Å². The number of piperidine rings is 1. The summed E-state index contributed by atoms with van der Waals surface area (Å²) in [5.41, 5.74) is 0. The fourth-order valence-electron chi connectivity index (χ4n) is 1.94. The first-order valence-electron chi connectivity index (χ1n) is 6.01. The molecule has 1 aliphatic heterocycles. The lowest BCUT2D eigenvalue weighted by Gasteiger charge is -2.26. The van der Waals surface area contributed by atoms with Crippen molar-refractivity contribution in [3.05, 3.63) is 11.6 Å². The fraction of sp³-hybridized carbons (Fsp3) is 0.636. The number of hydrogen-bond donors (Lipinski definition) is 2. The van der Waals surface area contributed by atoms with Gasteiger partial charge in [-0.1, -0.05) is 6.42 Å². The number of thiazole rings is 1. The van der Waals surface area contributed by atoms with Crippen LogP contribution < -0.4 is 10.6 Å². The summed E-state index contributed by atoms with van der Waals surface area (Å²) in [4.78, 5) is 6.61. The molecule has 0 saturated carbocycles. The van der Waals surface area contributed by atoms with Gasteiger partial charge in [-0.2, -0.15) is 0 Å². The number of anilines is 1. The molecule has 1 fully saturated rings. The second-order valence-corrected chi connectivity index (χ2v) is 5.42. The van der Waals surface area contributed by atoms with E-state index in [-0.39, 0.29) is 0 Å². The van der Waals surface area contributed by atoms with Gasteiger partial charge in [-0.05, 0) is 38.1 Å². The van der Waals surface area contributed by atoms with E-state index in [1.165, 1.54) is 32.4 Å². The summed E-state index contributed by atoms with van der Waals surface area (Å²) in [6.07, 6.45) is 5.82. The third-order valence-corrected chi connectivity index (χ3v) is 3.75. The Bertz CT molecular complexity index is 333. The smallest absolute Gasteiger partial charge is 0.188 e. The van der Waals surface area contributed by atoms with Crippen molar-refractivity contribution in [3.63, 3.8) is 0 Å². The van der Waals surface area contributed by atoms with Crippen LogP contribution in [0.5, 0.6) is 0 Å². The van der Waals surface area contributed by atoms with Gasteiger partial charge in [0.25, 0.3) is 0 Å². The van der Waals surface area contributed by atoms with E-state index in [9.17, 15) is 0 Å². The lowest BCUT2D eigenvalue weighted by molar-refractivity contribution is 0.232. The van der Waals surface area contributed by atoms with Crippen LogP contribution in [0.3, 0.4) is 0 Å². The van der Waals surface area contributed by atoms with Crippen molar-refractivity contribution < 1.29 is 0 Å². The van der Waals surface area contributed by atoms with Crippen molar-refractivity contribution in [2.24, 2.45) is 0 Å². The Kier molecular flexibility index (Phi) is 5.15. The number of hydrogen-bond acceptors (Lipinski definition) is 4. The molecule has 2 N–H and O–H groups in total. The zero-order valence-electron chi connectivity index (χ0n) is 9.82. The first kappa shape index (κ1) is 12.7. The van der Waals surface area contributed by atoms with Crippen molar-refractivity contribution in [1.82, 2.24) is 15.2 Å². The molecule has 0 aliphatic carbocycles. The number of aromatic nitrogens is 1. The standard InChI is InChI=1S/C11H18N4S2/c16-10(14-11-13-5-9-17-11)12-4-8-15-6-2-1-3-7-15/h5,9H,1-4,6-8H2,(H2,12,13,14,16). The minimum Gasteiger partial charge on any atom is -0.361 e. The number of nitrogens with zero attached hydrogens (tertiary/aromatic N) is 2. The largest absolute Gasteiger partial charge is 0.361 e. The molecular weight excluding hydrogens is 252 g/mol. The minimum absolute atomic E-state index is 0.664. The Balaban J connectivity index is 1.59. The fourth-order valence-corrected chi connectivity index (χ4v) is 2.73. The van der Waals surface area contributed by atoms with Crippen molar-refractivity contribution >= 4 is 33.8 Å². The topological polar surface area (TPSA) is 40.2 Å². The minimum atomic E-state index is 0.664. The number of thiocarbonyl (C=S) groups is 1. The van der Waals surface area contributed by atoms with Gasteiger partial charge in [0.15, 0.2) is 10.2 Å². The van der Waals surface area contributed by atoms with Gasteiger partial charge >= 0.3 is 0 Å². The average Bonchev–Trinajstić information content (AvgIpc) is 2.83. The molecule has 6 heteroatoms. The maximum absolute atomic E-state index is 5.19. The molecule has 0 radical (unpaired) electrons. The van der Waals surface area contributed by atoms with Gasteiger partial charge < -0.3 is 15.5 Å². The molecule has 0 unspecified atom stereocenters. The molecule has 1 aliphatic rings. The Hall–Kier alpha value is -0.720. The lowest BCUT2D eigenvalue weighted by Crippen LogP contribution is -2.38. The lowest BCUT2D eigenvalue weighted by atomic mass is 10.1. The van der Waals surface area contributed by atoms with Crippen LogP contribution in [-0.2, 0) is 0 Å². The van der Waals surface area contributed by atoms with E-state index in [4.69, 9.17) is 12.2 Å². The predicted molar refractivity (Wildman–Crippen MR) is 76.6 cm³/mol. The molecule has 94 valence electrons. The third-order valence-electron chi connectivity index (χ3n) is 2.82. The van der Waals surface area contributed by atoms with Crippen molar-refractivity contribution in [2.45, 2.75) is 19.3 Å². The van der Waals surface area contributed by atoms with Crippen LogP contribution in [0.25, 0.3) is 0 Å². The van der Waals surface area contributed by atoms with Crippen LogP contribution in [0.15, 0.2) is 11.6 Å². The van der Waals surface area contributed by atoms with Crippen molar-refractivity contribution in [2.75, 3.05) is 31.5 Å². The molecule has 0 amide bonds. The van der Waals surface area contributed by atoms with Crippen LogP contribution in [0.4, 0.5) is 5.13 Å². The maximum Gasteiger partial charge on any atom is 0.188 e. The highest BCUT2D eigenvalue weighted by Gasteiger charge is 2.09. The first-order valence-corrected chi connectivity index (χ1v) is 7.30. The Labute approximate surface area is 111 Å². The molecule has 2 heterocycles. The van der Waals surface area contributed by atoms with E-state index in [0.717, 1.165) is 18.2 Å². The normalized spacial score (nSPS) is 16.7. The van der Waals surface area contributed by atoms with Gasteiger partial charge in [0, 0.05) is 24.7 Å². The van der Waals surface area contributed by atoms with Crippen LogP contribution in [-0.4, -0.2) is 41.2 Å². The second-order valence-electron chi connectivity index (χ2n) is 4.12. The average molecular weight is 270 g/mol. The van der Waals surface area contributed by atoms with E-state index in [1.807, 2.05) is 5.38 Å². The van der Waals surface area contributed by atoms with E-state index in [0.29, 0.717) is 5.11 Å². The Morgan fingerprint density at radius 1 is 1.41 bits per heavy atom. The quantitative estimate of drug-likeness (QED) is 0.818. The molecular formula is C11H18N4S2. The van der Waals surface area contributed by atoms with Gasteiger partial charge in [-0.15, -0.1) is 11.3 Å². The van der Waals surface area contributed by atoms with Crippen LogP contribution in [0.2, 0.25) is 0 Å². The summed E-state index contributed by atoms with van der Waals surface area (Å²) in [6, 6.07) is 0. The molecule has 1 aromatic rings. The van der Waals surface area contributed by atoms with Crippen LogP contribution in [0.1, 0.15) is 19.3 Å². The predicted octanol–water partition coefficient (Wildman–Crippen LogP) is 1.92. The van der Waals surface area contributed by atoms with E-state index < -0.39 is 0 Å². The highest BCUT2D eigenvalue weighted by molar-refractivity contribution is 7.80. The summed E-state index contributed by atoms with van der Waals surface area (Å²) in [5, 5.41) is 9.72. The first-order chi connectivity index (χ1) is 8.34. The molecule has 2 rings (SSSR count). The third kappa shape index (κ3) is 4.57. The Morgan fingerprint density at radius 3 is 2.94 bits per heavy atom.